The maximum Gasteiger partial charge on any atom is 0.265 e. The number of benzene rings is 3. The highest BCUT2D eigenvalue weighted by molar-refractivity contribution is 7.85. The van der Waals surface area contributed by atoms with Crippen LogP contribution >= 0.6 is 11.6 Å². The van der Waals surface area contributed by atoms with Gasteiger partial charge in [0.1, 0.15) is 11.5 Å². The Morgan fingerprint density at radius 1 is 1.06 bits per heavy atom. The number of carbonyl (C=O) groups is 2. The number of unbranched alkanes of at least 4 members (excludes halogenated alkanes) is 1. The summed E-state index contributed by atoms with van der Waals surface area (Å²) in [7, 11) is -2.46. The van der Waals surface area contributed by atoms with Gasteiger partial charge in [0.25, 0.3) is 10.1 Å². The van der Waals surface area contributed by atoms with Crippen LogP contribution in [0, 0.1) is 16.7 Å². The van der Waals surface area contributed by atoms with E-state index in [4.69, 9.17) is 20.9 Å². The molecule has 2 aliphatic carbocycles. The standard InChI is InChI=1S/C28H33ClN2O2.C10H16O4S/c1-3-4-10-25(31-17-15-30(16-18-31)20-21-8-6-5-7-9-21)28(32)23-11-13-24-22(19-23)12-14-26(33-2)27(24)29;1-9(2)7-3-4-10(9,8(11)5-7)6-15(12,13)14/h5-9,11-14,19,25H,3-4,10,15-18,20H2,1-2H3;7H,3-6H2,1-2H3,(H,12,13,14)/t25-;7-,10-/m01/s1. The lowest BCUT2D eigenvalue weighted by molar-refractivity contribution is -0.128. The van der Waals surface area contributed by atoms with Crippen molar-refractivity contribution in [1.82, 2.24) is 9.80 Å². The molecule has 1 aliphatic heterocycles. The van der Waals surface area contributed by atoms with Crippen LogP contribution in [0.15, 0.2) is 60.7 Å². The average Bonchev–Trinajstić information content (AvgIpc) is 3.40. The van der Waals surface area contributed by atoms with Crippen LogP contribution in [0.4, 0.5) is 0 Å². The lowest BCUT2D eigenvalue weighted by atomic mass is 9.70. The Morgan fingerprint density at radius 2 is 1.77 bits per heavy atom. The Kier molecular flexibility index (Phi) is 11.4. The second-order valence-corrected chi connectivity index (χ2v) is 16.1. The van der Waals surface area contributed by atoms with Crippen molar-refractivity contribution in [3.63, 3.8) is 0 Å². The number of carbonyl (C=O) groups excluding carboxylic acids is 2. The van der Waals surface area contributed by atoms with Gasteiger partial charge < -0.3 is 4.74 Å². The Hall–Kier alpha value is -2.82. The molecule has 3 fully saturated rings. The number of ether oxygens (including phenoxy) is 1. The van der Waals surface area contributed by atoms with Crippen molar-refractivity contribution in [2.45, 2.75) is 71.9 Å². The minimum Gasteiger partial charge on any atom is -0.495 e. The monoisotopic (exact) mass is 696 g/mol. The summed E-state index contributed by atoms with van der Waals surface area (Å²) in [4.78, 5) is 30.4. The van der Waals surface area contributed by atoms with E-state index in [-0.39, 0.29) is 28.9 Å². The zero-order valence-electron chi connectivity index (χ0n) is 28.6. The molecule has 0 spiro atoms. The van der Waals surface area contributed by atoms with Crippen LogP contribution in [0.2, 0.25) is 5.02 Å². The molecule has 8 nitrogen and oxygen atoms in total. The molecule has 3 atom stereocenters. The number of hydrogen-bond donors (Lipinski definition) is 1. The van der Waals surface area contributed by atoms with Crippen LogP contribution in [0.1, 0.15) is 75.2 Å². The molecule has 1 saturated heterocycles. The van der Waals surface area contributed by atoms with E-state index in [1.165, 1.54) is 5.56 Å². The van der Waals surface area contributed by atoms with Crippen molar-refractivity contribution in [2.24, 2.45) is 16.7 Å². The Labute approximate surface area is 290 Å². The van der Waals surface area contributed by atoms with E-state index in [1.807, 2.05) is 44.2 Å². The molecule has 2 bridgehead atoms. The third-order valence-electron chi connectivity index (χ3n) is 11.2. The fraction of sp³-hybridized carbons (Fsp3) is 0.526. The molecule has 2 saturated carbocycles. The number of hydrogen-bond acceptors (Lipinski definition) is 7. The molecule has 6 rings (SSSR count). The second-order valence-electron chi connectivity index (χ2n) is 14.2. The van der Waals surface area contributed by atoms with Crippen LogP contribution in [-0.4, -0.2) is 79.4 Å². The van der Waals surface area contributed by atoms with E-state index in [0.29, 0.717) is 23.6 Å². The van der Waals surface area contributed by atoms with Gasteiger partial charge in [-0.25, -0.2) is 0 Å². The van der Waals surface area contributed by atoms with E-state index >= 15 is 0 Å². The lowest BCUT2D eigenvalue weighted by Crippen LogP contribution is -2.52. The van der Waals surface area contributed by atoms with Crippen molar-refractivity contribution < 1.29 is 27.3 Å². The van der Waals surface area contributed by atoms with Gasteiger partial charge in [0, 0.05) is 50.1 Å². The summed E-state index contributed by atoms with van der Waals surface area (Å²) in [5, 5.41) is 2.46. The number of halogens is 1. The first kappa shape index (κ1) is 36.5. The lowest BCUT2D eigenvalue weighted by Gasteiger charge is -2.39. The average molecular weight is 697 g/mol. The first-order valence-electron chi connectivity index (χ1n) is 17.1. The second kappa shape index (κ2) is 15.0. The smallest absolute Gasteiger partial charge is 0.265 e. The number of Topliss-reactive ketones (excluding diaryl/α,β-unsaturated/α-hetero) is 2. The molecule has 1 N–H and O–H groups in total. The summed E-state index contributed by atoms with van der Waals surface area (Å²) >= 11 is 6.48. The number of methoxy groups -OCH3 is 1. The van der Waals surface area contributed by atoms with Gasteiger partial charge in [0.15, 0.2) is 5.78 Å². The number of piperazine rings is 1. The van der Waals surface area contributed by atoms with Gasteiger partial charge in [-0.2, -0.15) is 8.42 Å². The van der Waals surface area contributed by atoms with Crippen LogP contribution in [-0.2, 0) is 21.5 Å². The van der Waals surface area contributed by atoms with Gasteiger partial charge in [-0.05, 0) is 53.7 Å². The highest BCUT2D eigenvalue weighted by Gasteiger charge is 2.65. The highest BCUT2D eigenvalue weighted by atomic mass is 35.5. The van der Waals surface area contributed by atoms with Crippen molar-refractivity contribution in [3.05, 3.63) is 76.8 Å². The Morgan fingerprint density at radius 3 is 2.35 bits per heavy atom. The van der Waals surface area contributed by atoms with Crippen LogP contribution < -0.4 is 4.74 Å². The molecule has 1 heterocycles. The predicted molar refractivity (Wildman–Crippen MR) is 191 cm³/mol. The van der Waals surface area contributed by atoms with Gasteiger partial charge in [-0.3, -0.25) is 23.9 Å². The first-order chi connectivity index (χ1) is 22.8. The summed E-state index contributed by atoms with van der Waals surface area (Å²) < 4.78 is 36.3. The quantitative estimate of drug-likeness (QED) is 0.164. The van der Waals surface area contributed by atoms with Gasteiger partial charge in [-0.15, -0.1) is 0 Å². The summed E-state index contributed by atoms with van der Waals surface area (Å²) in [6.45, 7) is 10.9. The molecule has 3 aromatic carbocycles. The molecule has 0 aromatic heterocycles. The van der Waals surface area contributed by atoms with Crippen LogP contribution in [0.3, 0.4) is 0 Å². The molecule has 0 amide bonds. The molecular formula is C38H49ClN2O6S. The van der Waals surface area contributed by atoms with E-state index in [9.17, 15) is 18.0 Å². The van der Waals surface area contributed by atoms with Crippen molar-refractivity contribution >= 4 is 44.1 Å². The summed E-state index contributed by atoms with van der Waals surface area (Å²) in [5.74, 6) is 0.766. The van der Waals surface area contributed by atoms with E-state index in [0.717, 1.165) is 74.7 Å². The fourth-order valence-corrected chi connectivity index (χ4v) is 9.76. The maximum absolute atomic E-state index is 13.7. The minimum atomic E-state index is -4.08. The number of nitrogens with zero attached hydrogens (tertiary/aromatic N) is 2. The summed E-state index contributed by atoms with van der Waals surface area (Å²) in [6, 6.07) is 20.2. The molecule has 0 radical (unpaired) electrons. The zero-order chi connectivity index (χ0) is 34.7. The number of ketones is 2. The third-order valence-corrected chi connectivity index (χ3v) is 12.5. The minimum absolute atomic E-state index is 0.0152. The Balaban J connectivity index is 0.000000250. The van der Waals surface area contributed by atoms with E-state index < -0.39 is 21.3 Å². The molecule has 3 aromatic rings. The first-order valence-corrected chi connectivity index (χ1v) is 19.1. The topological polar surface area (TPSA) is 104 Å². The molecule has 10 heteroatoms. The molecular weight excluding hydrogens is 648 g/mol. The SMILES string of the molecule is CC1(C)[C@@H]2CC[C@@]1(CS(=O)(=O)O)C(=O)C2.CCCC[C@@H](C(=O)c1ccc2c(Cl)c(OC)ccc2c1)N1CCN(Cc2ccccc2)CC1. The zero-order valence-corrected chi connectivity index (χ0v) is 30.2. The fourth-order valence-electron chi connectivity index (χ4n) is 8.15. The number of rotatable bonds is 11. The van der Waals surface area contributed by atoms with Crippen molar-refractivity contribution in [1.29, 1.82) is 0 Å². The van der Waals surface area contributed by atoms with Gasteiger partial charge in [-0.1, -0.05) is 93.7 Å². The van der Waals surface area contributed by atoms with Gasteiger partial charge in [0.2, 0.25) is 0 Å². The Bertz CT molecular complexity index is 1720. The molecule has 3 aliphatic rings. The molecule has 48 heavy (non-hydrogen) atoms. The molecule has 0 unspecified atom stereocenters. The summed E-state index contributed by atoms with van der Waals surface area (Å²) in [5.41, 5.74) is 0.984. The van der Waals surface area contributed by atoms with Crippen LogP contribution in [0.25, 0.3) is 10.8 Å². The normalized spacial score (nSPS) is 23.1. The van der Waals surface area contributed by atoms with Crippen LogP contribution in [0.5, 0.6) is 5.75 Å². The van der Waals surface area contributed by atoms with Gasteiger partial charge >= 0.3 is 0 Å². The molecule has 260 valence electrons. The predicted octanol–water partition coefficient (Wildman–Crippen LogP) is 7.33. The van der Waals surface area contributed by atoms with E-state index in [1.54, 1.807) is 7.11 Å². The maximum atomic E-state index is 13.7. The van der Waals surface area contributed by atoms with E-state index in [2.05, 4.69) is 47.1 Å². The highest BCUT2D eigenvalue weighted by Crippen LogP contribution is 2.64. The van der Waals surface area contributed by atoms with Crippen molar-refractivity contribution in [3.8, 4) is 5.75 Å². The van der Waals surface area contributed by atoms with Crippen molar-refractivity contribution in [2.75, 3.05) is 39.0 Å². The number of fused-ring (bicyclic) bond motifs is 3. The van der Waals surface area contributed by atoms with Gasteiger partial charge in [0.05, 0.1) is 29.3 Å². The largest absolute Gasteiger partial charge is 0.495 e. The third kappa shape index (κ3) is 7.65. The summed E-state index contributed by atoms with van der Waals surface area (Å²) in [6.07, 6.45) is 5.01.